The molecule has 8 nitrogen and oxygen atoms in total. The largest absolute Gasteiger partial charge is 0.358 e. The Labute approximate surface area is 95.4 Å². The Morgan fingerprint density at radius 3 is 2.88 bits per heavy atom. The van der Waals surface area contributed by atoms with Crippen molar-refractivity contribution in [2.75, 3.05) is 5.32 Å². The zero-order valence-electron chi connectivity index (χ0n) is 8.88. The number of rotatable bonds is 3. The third-order valence-electron chi connectivity index (χ3n) is 2.25. The lowest BCUT2D eigenvalue weighted by Gasteiger charge is -2.00. The van der Waals surface area contributed by atoms with Crippen molar-refractivity contribution in [3.8, 4) is 0 Å². The molecule has 2 aromatic heterocycles. The van der Waals surface area contributed by atoms with Gasteiger partial charge in [0.15, 0.2) is 5.69 Å². The Hall–Kier alpha value is -2.64. The molecule has 1 amide bonds. The number of imidazole rings is 1. The molecule has 2 aromatic rings. The molecule has 2 N–H and O–H groups in total. The third kappa shape index (κ3) is 2.00. The van der Waals surface area contributed by atoms with Gasteiger partial charge in [-0.1, -0.05) is 0 Å². The van der Waals surface area contributed by atoms with E-state index >= 15 is 0 Å². The van der Waals surface area contributed by atoms with Crippen molar-refractivity contribution in [3.05, 3.63) is 40.3 Å². The number of carbonyl (C=O) groups is 1. The van der Waals surface area contributed by atoms with Crippen LogP contribution >= 0.6 is 0 Å². The van der Waals surface area contributed by atoms with Crippen LogP contribution in [0.4, 0.5) is 11.8 Å². The van der Waals surface area contributed by atoms with Crippen molar-refractivity contribution < 1.29 is 9.72 Å². The summed E-state index contributed by atoms with van der Waals surface area (Å²) in [6.07, 6.45) is 3.05. The van der Waals surface area contributed by atoms with Crippen LogP contribution in [0.25, 0.3) is 0 Å². The van der Waals surface area contributed by atoms with Crippen LogP contribution in [0.1, 0.15) is 10.5 Å². The fourth-order valence-electron chi connectivity index (χ4n) is 1.42. The minimum absolute atomic E-state index is 0.144. The maximum absolute atomic E-state index is 11.8. The monoisotopic (exact) mass is 235 g/mol. The highest BCUT2D eigenvalue weighted by molar-refractivity contribution is 6.02. The van der Waals surface area contributed by atoms with Gasteiger partial charge in [0, 0.05) is 18.5 Å². The van der Waals surface area contributed by atoms with Crippen LogP contribution < -0.4 is 5.32 Å². The Bertz CT molecular complexity index is 557. The highest BCUT2D eigenvalue weighted by Gasteiger charge is 2.20. The van der Waals surface area contributed by atoms with E-state index in [2.05, 4.69) is 15.3 Å². The smallest absolute Gasteiger partial charge is 0.323 e. The number of aromatic nitrogens is 3. The average molecular weight is 235 g/mol. The maximum Gasteiger partial charge on any atom is 0.323 e. The highest BCUT2D eigenvalue weighted by atomic mass is 16.6. The van der Waals surface area contributed by atoms with Crippen molar-refractivity contribution in [2.45, 2.75) is 0 Å². The summed E-state index contributed by atoms with van der Waals surface area (Å²) in [6, 6.07) is 2.66. The minimum atomic E-state index is -0.552. The number of H-pyrrole nitrogens is 1. The molecule has 0 aliphatic heterocycles. The molecule has 88 valence electrons. The van der Waals surface area contributed by atoms with E-state index in [0.717, 1.165) is 0 Å². The number of hydrogen-bond acceptors (Lipinski definition) is 4. The summed E-state index contributed by atoms with van der Waals surface area (Å²) in [5.74, 6) is -0.316. The topological polar surface area (TPSA) is 106 Å². The first-order valence-corrected chi connectivity index (χ1v) is 4.70. The number of anilines is 1. The third-order valence-corrected chi connectivity index (χ3v) is 2.25. The summed E-state index contributed by atoms with van der Waals surface area (Å²) in [4.78, 5) is 28.3. The second-order valence-electron chi connectivity index (χ2n) is 3.28. The summed E-state index contributed by atoms with van der Waals surface area (Å²) in [5.41, 5.74) is 0.188. The molecule has 0 saturated heterocycles. The Balaban J connectivity index is 2.23. The Morgan fingerprint density at radius 1 is 1.59 bits per heavy atom. The van der Waals surface area contributed by atoms with Gasteiger partial charge in [0.2, 0.25) is 5.95 Å². The van der Waals surface area contributed by atoms with Crippen LogP contribution in [0, 0.1) is 10.1 Å². The Morgan fingerprint density at radius 2 is 2.35 bits per heavy atom. The summed E-state index contributed by atoms with van der Waals surface area (Å²) >= 11 is 0. The van der Waals surface area contributed by atoms with E-state index in [9.17, 15) is 14.9 Å². The highest BCUT2D eigenvalue weighted by Crippen LogP contribution is 2.15. The van der Waals surface area contributed by atoms with E-state index in [1.54, 1.807) is 6.20 Å². The molecule has 0 unspecified atom stereocenters. The van der Waals surface area contributed by atoms with Gasteiger partial charge >= 0.3 is 5.82 Å². The first-order valence-electron chi connectivity index (χ1n) is 4.70. The molecule has 0 saturated carbocycles. The molecule has 2 heterocycles. The van der Waals surface area contributed by atoms with Crippen LogP contribution in [-0.2, 0) is 7.05 Å². The van der Waals surface area contributed by atoms with Gasteiger partial charge in [0.1, 0.15) is 0 Å². The van der Waals surface area contributed by atoms with Gasteiger partial charge in [0.05, 0.1) is 7.05 Å². The number of nitro groups is 1. The molecule has 0 atom stereocenters. The number of nitrogens with zero attached hydrogens (tertiary/aromatic N) is 3. The maximum atomic E-state index is 11.8. The molecule has 0 aliphatic rings. The van der Waals surface area contributed by atoms with Crippen LogP contribution in [0.3, 0.4) is 0 Å². The van der Waals surface area contributed by atoms with Gasteiger partial charge in [-0.05, 0) is 11.0 Å². The van der Waals surface area contributed by atoms with E-state index in [1.165, 1.54) is 29.9 Å². The molecule has 0 bridgehead atoms. The number of nitrogens with one attached hydrogen (secondary N) is 2. The summed E-state index contributed by atoms with van der Waals surface area (Å²) in [6.45, 7) is 0. The molecule has 0 radical (unpaired) electrons. The number of hydrogen-bond donors (Lipinski definition) is 2. The second-order valence-corrected chi connectivity index (χ2v) is 3.28. The summed E-state index contributed by atoms with van der Waals surface area (Å²) < 4.78 is 1.21. The lowest BCUT2D eigenvalue weighted by Crippen LogP contribution is -2.16. The molecule has 0 aromatic carbocycles. The average Bonchev–Trinajstić information content (AvgIpc) is 2.86. The van der Waals surface area contributed by atoms with Crippen molar-refractivity contribution in [1.82, 2.24) is 14.5 Å². The normalized spacial score (nSPS) is 10.2. The van der Waals surface area contributed by atoms with Crippen LogP contribution in [0.2, 0.25) is 0 Å². The predicted molar refractivity (Wildman–Crippen MR) is 58.6 cm³/mol. The number of amides is 1. The van der Waals surface area contributed by atoms with E-state index in [4.69, 9.17) is 0 Å². The molecule has 0 spiro atoms. The second kappa shape index (κ2) is 4.08. The van der Waals surface area contributed by atoms with E-state index in [0.29, 0.717) is 5.95 Å². The van der Waals surface area contributed by atoms with Gasteiger partial charge in [-0.25, -0.2) is 9.55 Å². The van der Waals surface area contributed by atoms with Crippen LogP contribution in [0.5, 0.6) is 0 Å². The quantitative estimate of drug-likeness (QED) is 0.609. The van der Waals surface area contributed by atoms with Gasteiger partial charge < -0.3 is 15.1 Å². The van der Waals surface area contributed by atoms with Gasteiger partial charge in [-0.3, -0.25) is 10.1 Å². The Kier molecular flexibility index (Phi) is 2.61. The van der Waals surface area contributed by atoms with Crippen molar-refractivity contribution >= 4 is 17.7 Å². The SMILES string of the molecule is Cn1c(C(=O)Nc2ncc[nH]2)ccc1[N+](=O)[O-]. The van der Waals surface area contributed by atoms with Gasteiger partial charge in [-0.2, -0.15) is 0 Å². The summed E-state index contributed by atoms with van der Waals surface area (Å²) in [7, 11) is 1.45. The zero-order valence-corrected chi connectivity index (χ0v) is 8.88. The minimum Gasteiger partial charge on any atom is -0.358 e. The van der Waals surface area contributed by atoms with E-state index in [1.807, 2.05) is 0 Å². The predicted octanol–water partition coefficient (Wildman–Crippen LogP) is 0.909. The lowest BCUT2D eigenvalue weighted by molar-refractivity contribution is -0.391. The van der Waals surface area contributed by atoms with Gasteiger partial charge in [-0.15, -0.1) is 0 Å². The molecular weight excluding hydrogens is 226 g/mol. The molecule has 17 heavy (non-hydrogen) atoms. The molecular formula is C9H9N5O3. The number of aromatic amines is 1. The van der Waals surface area contributed by atoms with E-state index in [-0.39, 0.29) is 11.5 Å². The van der Waals surface area contributed by atoms with Crippen molar-refractivity contribution in [3.63, 3.8) is 0 Å². The first kappa shape index (κ1) is 10.9. The van der Waals surface area contributed by atoms with Crippen molar-refractivity contribution in [2.24, 2.45) is 7.05 Å². The molecule has 0 fully saturated rings. The zero-order chi connectivity index (χ0) is 12.4. The van der Waals surface area contributed by atoms with E-state index < -0.39 is 10.8 Å². The fraction of sp³-hybridized carbons (Fsp3) is 0.111. The van der Waals surface area contributed by atoms with Gasteiger partial charge in [0.25, 0.3) is 5.91 Å². The van der Waals surface area contributed by atoms with Crippen molar-refractivity contribution in [1.29, 1.82) is 0 Å². The molecule has 0 aliphatic carbocycles. The van der Waals surface area contributed by atoms with Crippen LogP contribution in [-0.4, -0.2) is 25.4 Å². The van der Waals surface area contributed by atoms with Crippen LogP contribution in [0.15, 0.2) is 24.5 Å². The number of carbonyl (C=O) groups excluding carboxylic acids is 1. The first-order chi connectivity index (χ1) is 8.09. The molecule has 2 rings (SSSR count). The lowest BCUT2D eigenvalue weighted by atomic mass is 10.4. The fourth-order valence-corrected chi connectivity index (χ4v) is 1.42. The molecule has 8 heteroatoms. The standard InChI is InChI=1S/C9H9N5O3/c1-13-6(2-3-7(13)14(16)17)8(15)12-9-10-4-5-11-9/h2-5H,1H3,(H2,10,11,12,15). The summed E-state index contributed by atoms with van der Waals surface area (Å²) in [5, 5.41) is 13.1.